The van der Waals surface area contributed by atoms with E-state index in [0.29, 0.717) is 28.3 Å². The fourth-order valence-electron chi connectivity index (χ4n) is 2.00. The molecular formula is C15H23Cl2N2O2+. The van der Waals surface area contributed by atoms with Crippen LogP contribution in [-0.2, 0) is 4.79 Å². The Hall–Kier alpha value is -0.970. The van der Waals surface area contributed by atoms with E-state index >= 15 is 0 Å². The van der Waals surface area contributed by atoms with Gasteiger partial charge in [0.1, 0.15) is 5.75 Å². The van der Waals surface area contributed by atoms with Crippen molar-refractivity contribution in [3.63, 3.8) is 0 Å². The zero-order valence-corrected chi connectivity index (χ0v) is 14.4. The lowest BCUT2D eigenvalue weighted by atomic mass is 10.1. The Morgan fingerprint density at radius 1 is 1.33 bits per heavy atom. The summed E-state index contributed by atoms with van der Waals surface area (Å²) in [6.45, 7) is 5.43. The molecule has 1 aromatic carbocycles. The fraction of sp³-hybridized carbons (Fsp3) is 0.533. The minimum atomic E-state index is -0.609. The highest BCUT2D eigenvalue weighted by atomic mass is 35.5. The number of carbonyl (C=O) groups is 1. The predicted molar refractivity (Wildman–Crippen MR) is 86.4 cm³/mol. The third-order valence-electron chi connectivity index (χ3n) is 2.95. The van der Waals surface area contributed by atoms with Gasteiger partial charge in [0.2, 0.25) is 0 Å². The summed E-state index contributed by atoms with van der Waals surface area (Å²) in [6.07, 6.45) is -0.609. The van der Waals surface area contributed by atoms with Gasteiger partial charge in [0.15, 0.2) is 6.10 Å². The lowest BCUT2D eigenvalue weighted by Gasteiger charge is -2.18. The SMILES string of the molecule is C[C@@H](CNC(=O)[C@H](C)Oc1ccc(Cl)cc1Cl)C[NH+](C)C. The molecule has 21 heavy (non-hydrogen) atoms. The third kappa shape index (κ3) is 6.55. The minimum Gasteiger partial charge on any atom is -0.479 e. The molecule has 0 saturated heterocycles. The van der Waals surface area contributed by atoms with Gasteiger partial charge in [-0.25, -0.2) is 0 Å². The van der Waals surface area contributed by atoms with Crippen LogP contribution in [0, 0.1) is 5.92 Å². The molecule has 0 spiro atoms. The number of halogens is 2. The lowest BCUT2D eigenvalue weighted by molar-refractivity contribution is -0.861. The molecule has 118 valence electrons. The molecule has 4 nitrogen and oxygen atoms in total. The summed E-state index contributed by atoms with van der Waals surface area (Å²) in [7, 11) is 4.18. The Balaban J connectivity index is 2.47. The molecule has 1 amide bonds. The maximum absolute atomic E-state index is 12.0. The topological polar surface area (TPSA) is 42.8 Å². The average molecular weight is 334 g/mol. The van der Waals surface area contributed by atoms with Crippen molar-refractivity contribution in [1.82, 2.24) is 5.32 Å². The van der Waals surface area contributed by atoms with Crippen molar-refractivity contribution < 1.29 is 14.4 Å². The summed E-state index contributed by atoms with van der Waals surface area (Å²) < 4.78 is 5.57. The molecule has 2 atom stereocenters. The molecule has 0 radical (unpaired) electrons. The first-order valence-electron chi connectivity index (χ1n) is 6.98. The van der Waals surface area contributed by atoms with Crippen LogP contribution in [0.5, 0.6) is 5.75 Å². The predicted octanol–water partition coefficient (Wildman–Crippen LogP) is 1.66. The summed E-state index contributed by atoms with van der Waals surface area (Å²) in [5, 5.41) is 3.82. The van der Waals surface area contributed by atoms with E-state index in [-0.39, 0.29) is 5.91 Å². The number of hydrogen-bond acceptors (Lipinski definition) is 2. The van der Waals surface area contributed by atoms with E-state index in [1.54, 1.807) is 25.1 Å². The number of hydrogen-bond donors (Lipinski definition) is 2. The van der Waals surface area contributed by atoms with Crippen LogP contribution in [0.2, 0.25) is 10.0 Å². The van der Waals surface area contributed by atoms with Gasteiger partial charge in [0.05, 0.1) is 25.7 Å². The van der Waals surface area contributed by atoms with Gasteiger partial charge in [-0.3, -0.25) is 4.79 Å². The van der Waals surface area contributed by atoms with Crippen LogP contribution < -0.4 is 15.0 Å². The van der Waals surface area contributed by atoms with E-state index in [1.807, 2.05) is 0 Å². The van der Waals surface area contributed by atoms with Gasteiger partial charge in [-0.1, -0.05) is 30.1 Å². The van der Waals surface area contributed by atoms with Gasteiger partial charge in [-0.05, 0) is 25.1 Å². The Morgan fingerprint density at radius 3 is 2.57 bits per heavy atom. The number of ether oxygens (including phenoxy) is 1. The van der Waals surface area contributed by atoms with Gasteiger partial charge in [0.25, 0.3) is 5.91 Å². The maximum atomic E-state index is 12.0. The van der Waals surface area contributed by atoms with Crippen LogP contribution in [0.3, 0.4) is 0 Å². The van der Waals surface area contributed by atoms with Crippen molar-refractivity contribution in [2.24, 2.45) is 5.92 Å². The number of benzene rings is 1. The molecule has 0 unspecified atom stereocenters. The summed E-state index contributed by atoms with van der Waals surface area (Å²) in [5.74, 6) is 0.710. The number of amides is 1. The van der Waals surface area contributed by atoms with E-state index in [1.165, 1.54) is 4.90 Å². The highest BCUT2D eigenvalue weighted by molar-refractivity contribution is 6.35. The first-order chi connectivity index (χ1) is 9.79. The molecule has 0 heterocycles. The van der Waals surface area contributed by atoms with Crippen molar-refractivity contribution >= 4 is 29.1 Å². The van der Waals surface area contributed by atoms with Gasteiger partial charge in [-0.2, -0.15) is 0 Å². The number of rotatable bonds is 7. The summed E-state index contributed by atoms with van der Waals surface area (Å²) in [5.41, 5.74) is 0. The number of carbonyl (C=O) groups excluding carboxylic acids is 1. The van der Waals surface area contributed by atoms with Gasteiger partial charge < -0.3 is 15.0 Å². The van der Waals surface area contributed by atoms with Crippen molar-refractivity contribution in [1.29, 1.82) is 0 Å². The molecule has 0 aromatic heterocycles. The zero-order chi connectivity index (χ0) is 16.0. The van der Waals surface area contributed by atoms with Gasteiger partial charge in [-0.15, -0.1) is 0 Å². The van der Waals surface area contributed by atoms with Crippen LogP contribution in [0.1, 0.15) is 13.8 Å². The third-order valence-corrected chi connectivity index (χ3v) is 3.48. The first kappa shape index (κ1) is 18.1. The van der Waals surface area contributed by atoms with Crippen LogP contribution in [-0.4, -0.2) is 39.2 Å². The molecule has 0 fully saturated rings. The molecule has 1 aromatic rings. The van der Waals surface area contributed by atoms with E-state index in [0.717, 1.165) is 6.54 Å². The van der Waals surface area contributed by atoms with Crippen LogP contribution in [0.25, 0.3) is 0 Å². The van der Waals surface area contributed by atoms with Crippen LogP contribution >= 0.6 is 23.2 Å². The molecule has 0 aliphatic carbocycles. The highest BCUT2D eigenvalue weighted by Gasteiger charge is 2.17. The molecule has 1 rings (SSSR count). The first-order valence-corrected chi connectivity index (χ1v) is 7.73. The molecular weight excluding hydrogens is 311 g/mol. The molecule has 6 heteroatoms. The monoisotopic (exact) mass is 333 g/mol. The Kier molecular flexibility index (Phi) is 7.29. The quantitative estimate of drug-likeness (QED) is 0.796. The van der Waals surface area contributed by atoms with Crippen molar-refractivity contribution in [3.05, 3.63) is 28.2 Å². The smallest absolute Gasteiger partial charge is 0.260 e. The summed E-state index contributed by atoms with van der Waals surface area (Å²) >= 11 is 11.8. The molecule has 0 bridgehead atoms. The summed E-state index contributed by atoms with van der Waals surface area (Å²) in [6, 6.07) is 4.92. The standard InChI is InChI=1S/C15H22Cl2N2O2/c1-10(9-19(3)4)8-18-15(20)11(2)21-14-6-5-12(16)7-13(14)17/h5-7,10-11H,8-9H2,1-4H3,(H,18,20)/p+1/t10-,11-/m0/s1. The van der Waals surface area contributed by atoms with Gasteiger partial charge in [0, 0.05) is 17.5 Å². The number of nitrogens with one attached hydrogen (secondary N) is 2. The molecule has 0 aliphatic heterocycles. The second kappa shape index (κ2) is 8.47. The van der Waals surface area contributed by atoms with E-state index < -0.39 is 6.10 Å². The molecule has 0 aliphatic rings. The fourth-order valence-corrected chi connectivity index (χ4v) is 2.46. The molecule has 0 saturated carbocycles. The molecule has 2 N–H and O–H groups in total. The van der Waals surface area contributed by atoms with E-state index in [4.69, 9.17) is 27.9 Å². The van der Waals surface area contributed by atoms with Crippen molar-refractivity contribution in [2.45, 2.75) is 20.0 Å². The van der Waals surface area contributed by atoms with E-state index in [9.17, 15) is 4.79 Å². The Bertz CT molecular complexity index is 481. The Labute approximate surface area is 136 Å². The van der Waals surface area contributed by atoms with E-state index in [2.05, 4.69) is 26.3 Å². The zero-order valence-electron chi connectivity index (χ0n) is 12.9. The van der Waals surface area contributed by atoms with Crippen molar-refractivity contribution in [3.8, 4) is 5.75 Å². The lowest BCUT2D eigenvalue weighted by Crippen LogP contribution is -3.06. The summed E-state index contributed by atoms with van der Waals surface area (Å²) in [4.78, 5) is 13.4. The normalized spacial score (nSPS) is 13.9. The van der Waals surface area contributed by atoms with Gasteiger partial charge >= 0.3 is 0 Å². The van der Waals surface area contributed by atoms with Crippen LogP contribution in [0.4, 0.5) is 0 Å². The second-order valence-electron chi connectivity index (χ2n) is 5.60. The average Bonchev–Trinajstić information content (AvgIpc) is 2.38. The highest BCUT2D eigenvalue weighted by Crippen LogP contribution is 2.28. The van der Waals surface area contributed by atoms with Crippen molar-refractivity contribution in [2.75, 3.05) is 27.2 Å². The largest absolute Gasteiger partial charge is 0.479 e. The second-order valence-corrected chi connectivity index (χ2v) is 6.44. The number of quaternary nitrogens is 1. The maximum Gasteiger partial charge on any atom is 0.260 e. The van der Waals surface area contributed by atoms with Crippen LogP contribution in [0.15, 0.2) is 18.2 Å². The minimum absolute atomic E-state index is 0.151. The Morgan fingerprint density at radius 2 is 2.00 bits per heavy atom.